The van der Waals surface area contributed by atoms with E-state index in [2.05, 4.69) is 16.5 Å². The largest absolute Gasteiger partial charge is 0.337 e. The molecule has 2 unspecified atom stereocenters. The summed E-state index contributed by atoms with van der Waals surface area (Å²) in [5.41, 5.74) is 0.0924. The van der Waals surface area contributed by atoms with Gasteiger partial charge in [-0.3, -0.25) is 4.79 Å². The highest BCUT2D eigenvalue weighted by molar-refractivity contribution is 8.00. The van der Waals surface area contributed by atoms with Crippen molar-refractivity contribution in [2.45, 2.75) is 62.4 Å². The number of hydrogen-bond donors (Lipinski definition) is 1. The van der Waals surface area contributed by atoms with Crippen LogP contribution in [0.3, 0.4) is 0 Å². The molecule has 1 saturated carbocycles. The third-order valence-electron chi connectivity index (χ3n) is 4.98. The lowest BCUT2D eigenvalue weighted by molar-refractivity contribution is -0.121. The monoisotopic (exact) mass is 383 g/mol. The van der Waals surface area contributed by atoms with Gasteiger partial charge in [0.2, 0.25) is 11.1 Å². The van der Waals surface area contributed by atoms with Crippen LogP contribution in [-0.2, 0) is 4.79 Å². The predicted octanol–water partition coefficient (Wildman–Crippen LogP) is 3.68. The van der Waals surface area contributed by atoms with Gasteiger partial charge < -0.3 is 5.32 Å². The molecule has 0 bridgehead atoms. The van der Waals surface area contributed by atoms with E-state index in [0.29, 0.717) is 11.1 Å². The molecular weight excluding hydrogens is 358 g/mol. The average Bonchev–Trinajstić information content (AvgIpc) is 3.42. The smallest absolute Gasteiger partial charge is 0.234 e. The number of nitrogens with one attached hydrogen (secondary N) is 1. The first-order valence-electron chi connectivity index (χ1n) is 9.26. The van der Waals surface area contributed by atoms with Crippen molar-refractivity contribution in [3.8, 4) is 11.8 Å². The van der Waals surface area contributed by atoms with Gasteiger partial charge in [0.05, 0.1) is 17.0 Å². The van der Waals surface area contributed by atoms with Crippen molar-refractivity contribution < 1.29 is 4.79 Å². The topological polar surface area (TPSA) is 83.6 Å². The van der Waals surface area contributed by atoms with E-state index in [1.54, 1.807) is 6.92 Å². The molecule has 3 rings (SSSR count). The van der Waals surface area contributed by atoms with Crippen molar-refractivity contribution in [3.05, 3.63) is 36.2 Å². The number of carbonyl (C=O) groups excluding carboxylic acids is 1. The second kappa shape index (κ2) is 7.73. The highest BCUT2D eigenvalue weighted by Gasteiger charge is 2.33. The van der Waals surface area contributed by atoms with Crippen LogP contribution in [0.25, 0.3) is 5.69 Å². The maximum Gasteiger partial charge on any atom is 0.234 e. The zero-order valence-corrected chi connectivity index (χ0v) is 17.0. The van der Waals surface area contributed by atoms with E-state index in [0.717, 1.165) is 24.4 Å². The quantitative estimate of drug-likeness (QED) is 0.737. The standard InChI is InChI=1S/C20H25N5OS/c1-13(2)20(4,12-21)23-18(26)14(3)27-19-22-17(15-10-11-15)25(24-19)16-8-6-5-7-9-16/h5-9,13-15H,10-11H2,1-4H3,(H,23,26). The van der Waals surface area contributed by atoms with Crippen molar-refractivity contribution in [1.82, 2.24) is 20.1 Å². The number of nitriles is 1. The number of para-hydroxylation sites is 1. The lowest BCUT2D eigenvalue weighted by atomic mass is 9.90. The molecule has 1 heterocycles. The lowest BCUT2D eigenvalue weighted by Crippen LogP contribution is -2.51. The summed E-state index contributed by atoms with van der Waals surface area (Å²) >= 11 is 1.32. The van der Waals surface area contributed by atoms with Crippen LogP contribution >= 0.6 is 11.8 Å². The minimum Gasteiger partial charge on any atom is -0.337 e. The van der Waals surface area contributed by atoms with Gasteiger partial charge >= 0.3 is 0 Å². The molecule has 0 spiro atoms. The number of amides is 1. The Balaban J connectivity index is 1.76. The number of nitrogens with zero attached hydrogens (tertiary/aromatic N) is 4. The van der Waals surface area contributed by atoms with Crippen LogP contribution in [0.4, 0.5) is 0 Å². The van der Waals surface area contributed by atoms with E-state index >= 15 is 0 Å². The molecule has 1 aliphatic carbocycles. The van der Waals surface area contributed by atoms with Crippen molar-refractivity contribution in [2.24, 2.45) is 5.92 Å². The average molecular weight is 384 g/mol. The molecule has 1 aliphatic rings. The van der Waals surface area contributed by atoms with Gasteiger partial charge in [0.25, 0.3) is 0 Å². The van der Waals surface area contributed by atoms with Gasteiger partial charge in [-0.25, -0.2) is 9.67 Å². The summed E-state index contributed by atoms with van der Waals surface area (Å²) in [6.45, 7) is 7.41. The number of aromatic nitrogens is 3. The van der Waals surface area contributed by atoms with Gasteiger partial charge in [-0.15, -0.1) is 5.10 Å². The molecule has 7 heteroatoms. The molecule has 2 aromatic rings. The SMILES string of the molecule is CC(Sc1nc(C2CC2)n(-c2ccccc2)n1)C(=O)NC(C)(C#N)C(C)C. The molecule has 0 saturated heterocycles. The van der Waals surface area contributed by atoms with Crippen molar-refractivity contribution in [2.75, 3.05) is 0 Å². The van der Waals surface area contributed by atoms with Crippen LogP contribution in [-0.4, -0.2) is 31.5 Å². The van der Waals surface area contributed by atoms with Crippen molar-refractivity contribution in [1.29, 1.82) is 5.26 Å². The molecule has 27 heavy (non-hydrogen) atoms. The third kappa shape index (κ3) is 4.33. The molecule has 0 aliphatic heterocycles. The van der Waals surface area contributed by atoms with Gasteiger partial charge in [0, 0.05) is 5.92 Å². The molecular formula is C20H25N5OS. The van der Waals surface area contributed by atoms with E-state index in [1.807, 2.05) is 55.8 Å². The fourth-order valence-electron chi connectivity index (χ4n) is 2.59. The molecule has 1 amide bonds. The van der Waals surface area contributed by atoms with Crippen LogP contribution in [0.5, 0.6) is 0 Å². The molecule has 1 aromatic carbocycles. The fraction of sp³-hybridized carbons (Fsp3) is 0.500. The Bertz CT molecular complexity index is 853. The van der Waals surface area contributed by atoms with Gasteiger partial charge in [-0.2, -0.15) is 5.26 Å². The number of hydrogen-bond acceptors (Lipinski definition) is 5. The van der Waals surface area contributed by atoms with E-state index in [-0.39, 0.29) is 11.8 Å². The summed E-state index contributed by atoms with van der Waals surface area (Å²) in [5.74, 6) is 1.24. The van der Waals surface area contributed by atoms with Gasteiger partial charge in [0.15, 0.2) is 0 Å². The summed E-state index contributed by atoms with van der Waals surface area (Å²) in [5, 5.41) is 17.1. The van der Waals surface area contributed by atoms with Gasteiger partial charge in [0.1, 0.15) is 11.4 Å². The summed E-state index contributed by atoms with van der Waals surface area (Å²) < 4.78 is 1.89. The van der Waals surface area contributed by atoms with E-state index in [4.69, 9.17) is 4.98 Å². The summed E-state index contributed by atoms with van der Waals surface area (Å²) in [4.78, 5) is 17.3. The van der Waals surface area contributed by atoms with Crippen LogP contribution in [0.2, 0.25) is 0 Å². The van der Waals surface area contributed by atoms with Crippen LogP contribution in [0, 0.1) is 17.2 Å². The number of carbonyl (C=O) groups is 1. The van der Waals surface area contributed by atoms with E-state index in [9.17, 15) is 10.1 Å². The highest BCUT2D eigenvalue weighted by Crippen LogP contribution is 2.40. The Morgan fingerprint density at radius 2 is 2.00 bits per heavy atom. The maximum absolute atomic E-state index is 12.6. The van der Waals surface area contributed by atoms with E-state index in [1.165, 1.54) is 11.8 Å². The molecule has 2 atom stereocenters. The predicted molar refractivity (Wildman–Crippen MR) is 106 cm³/mol. The summed E-state index contributed by atoms with van der Waals surface area (Å²) in [6.07, 6.45) is 2.25. The molecule has 1 fully saturated rings. The number of rotatable bonds is 7. The van der Waals surface area contributed by atoms with Gasteiger partial charge in [-0.05, 0) is 44.7 Å². The molecule has 1 aromatic heterocycles. The van der Waals surface area contributed by atoms with Crippen LogP contribution in [0.1, 0.15) is 52.3 Å². The summed E-state index contributed by atoms with van der Waals surface area (Å²) in [7, 11) is 0. The highest BCUT2D eigenvalue weighted by atomic mass is 32.2. The normalized spacial score (nSPS) is 17.2. The number of thioether (sulfide) groups is 1. The van der Waals surface area contributed by atoms with E-state index < -0.39 is 10.8 Å². The Kier molecular flexibility index (Phi) is 5.56. The van der Waals surface area contributed by atoms with Crippen molar-refractivity contribution >= 4 is 17.7 Å². The number of benzene rings is 1. The van der Waals surface area contributed by atoms with Gasteiger partial charge in [-0.1, -0.05) is 43.8 Å². The Morgan fingerprint density at radius 3 is 2.56 bits per heavy atom. The first-order chi connectivity index (χ1) is 12.8. The Hall–Kier alpha value is -2.33. The minimum atomic E-state index is -0.887. The second-order valence-corrected chi connectivity index (χ2v) is 8.80. The zero-order valence-electron chi connectivity index (χ0n) is 16.1. The lowest BCUT2D eigenvalue weighted by Gasteiger charge is -2.28. The third-order valence-corrected chi connectivity index (χ3v) is 5.93. The molecule has 142 valence electrons. The molecule has 6 nitrogen and oxygen atoms in total. The fourth-order valence-corrected chi connectivity index (χ4v) is 3.35. The van der Waals surface area contributed by atoms with Crippen LogP contribution < -0.4 is 5.32 Å². The first-order valence-corrected chi connectivity index (χ1v) is 10.1. The molecule has 1 N–H and O–H groups in total. The summed E-state index contributed by atoms with van der Waals surface area (Å²) in [6, 6.07) is 12.1. The first kappa shape index (κ1) is 19.4. The Labute approximate surface area is 164 Å². The zero-order chi connectivity index (χ0) is 19.6. The van der Waals surface area contributed by atoms with Crippen LogP contribution in [0.15, 0.2) is 35.5 Å². The molecule has 0 radical (unpaired) electrons. The maximum atomic E-state index is 12.6. The van der Waals surface area contributed by atoms with Crippen molar-refractivity contribution in [3.63, 3.8) is 0 Å². The Morgan fingerprint density at radius 1 is 1.33 bits per heavy atom. The second-order valence-electron chi connectivity index (χ2n) is 7.49. The minimum absolute atomic E-state index is 0.0144.